The minimum atomic E-state index is -0.137. The largest absolute Gasteiger partial charge is 0.454 e. The summed E-state index contributed by atoms with van der Waals surface area (Å²) in [4.78, 5) is 14.4. The summed E-state index contributed by atoms with van der Waals surface area (Å²) < 4.78 is 10.6. The number of rotatable bonds is 3. The molecule has 8 heteroatoms. The molecule has 1 amide bonds. The number of piperazine rings is 1. The van der Waals surface area contributed by atoms with Crippen LogP contribution >= 0.6 is 24.8 Å². The molecule has 2 aliphatic heterocycles. The van der Waals surface area contributed by atoms with Crippen LogP contribution in [-0.4, -0.2) is 49.8 Å². The summed E-state index contributed by atoms with van der Waals surface area (Å²) in [6, 6.07) is 5.30. The SMILES string of the molecule is CC(C(=O)Nc1ccc2c(c1)OCO2)N1CCNCC1.Cl.Cl. The molecular formula is C14H21Cl2N3O3. The van der Waals surface area contributed by atoms with Crippen LogP contribution in [0.3, 0.4) is 0 Å². The van der Waals surface area contributed by atoms with E-state index in [1.807, 2.05) is 19.1 Å². The number of amides is 1. The number of carbonyl (C=O) groups excluding carboxylic acids is 1. The van der Waals surface area contributed by atoms with Crippen molar-refractivity contribution in [1.29, 1.82) is 0 Å². The fourth-order valence-corrected chi connectivity index (χ4v) is 2.46. The first-order valence-electron chi connectivity index (χ1n) is 6.89. The van der Waals surface area contributed by atoms with Gasteiger partial charge in [0.15, 0.2) is 11.5 Å². The van der Waals surface area contributed by atoms with Crippen LogP contribution in [0.15, 0.2) is 18.2 Å². The lowest BCUT2D eigenvalue weighted by molar-refractivity contribution is -0.120. The molecule has 1 saturated heterocycles. The molecule has 3 rings (SSSR count). The van der Waals surface area contributed by atoms with Crippen LogP contribution in [0.4, 0.5) is 5.69 Å². The highest BCUT2D eigenvalue weighted by Crippen LogP contribution is 2.34. The summed E-state index contributed by atoms with van der Waals surface area (Å²) in [6.45, 7) is 5.84. The summed E-state index contributed by atoms with van der Waals surface area (Å²) in [6.07, 6.45) is 0. The first-order valence-corrected chi connectivity index (χ1v) is 6.89. The van der Waals surface area contributed by atoms with E-state index < -0.39 is 0 Å². The second kappa shape index (κ2) is 8.43. The van der Waals surface area contributed by atoms with E-state index in [2.05, 4.69) is 15.5 Å². The molecular weight excluding hydrogens is 329 g/mol. The third-order valence-corrected chi connectivity index (χ3v) is 3.72. The van der Waals surface area contributed by atoms with Gasteiger partial charge in [0.05, 0.1) is 6.04 Å². The number of fused-ring (bicyclic) bond motifs is 1. The molecule has 1 aromatic carbocycles. The van der Waals surface area contributed by atoms with Crippen molar-refractivity contribution in [2.75, 3.05) is 38.3 Å². The lowest BCUT2D eigenvalue weighted by Crippen LogP contribution is -2.51. The molecule has 124 valence electrons. The number of nitrogens with one attached hydrogen (secondary N) is 2. The average molecular weight is 350 g/mol. The minimum absolute atomic E-state index is 0. The smallest absolute Gasteiger partial charge is 0.241 e. The Morgan fingerprint density at radius 3 is 2.64 bits per heavy atom. The maximum Gasteiger partial charge on any atom is 0.241 e. The summed E-state index contributed by atoms with van der Waals surface area (Å²) in [5.74, 6) is 1.40. The molecule has 1 aromatic rings. The van der Waals surface area contributed by atoms with Crippen LogP contribution in [0.25, 0.3) is 0 Å². The first-order chi connectivity index (χ1) is 9.74. The van der Waals surface area contributed by atoms with Crippen molar-refractivity contribution in [2.24, 2.45) is 0 Å². The fraction of sp³-hybridized carbons (Fsp3) is 0.500. The van der Waals surface area contributed by atoms with E-state index in [4.69, 9.17) is 9.47 Å². The van der Waals surface area contributed by atoms with E-state index >= 15 is 0 Å². The molecule has 1 fully saturated rings. The number of ether oxygens (including phenoxy) is 2. The van der Waals surface area contributed by atoms with Gasteiger partial charge >= 0.3 is 0 Å². The molecule has 1 unspecified atom stereocenters. The van der Waals surface area contributed by atoms with Crippen molar-refractivity contribution in [3.63, 3.8) is 0 Å². The van der Waals surface area contributed by atoms with Gasteiger partial charge in [-0.25, -0.2) is 0 Å². The number of hydrogen-bond donors (Lipinski definition) is 2. The molecule has 1 atom stereocenters. The predicted octanol–water partition coefficient (Wildman–Crippen LogP) is 1.49. The molecule has 6 nitrogen and oxygen atoms in total. The van der Waals surface area contributed by atoms with Crippen molar-refractivity contribution < 1.29 is 14.3 Å². The van der Waals surface area contributed by atoms with E-state index in [0.29, 0.717) is 5.75 Å². The van der Waals surface area contributed by atoms with E-state index in [9.17, 15) is 4.79 Å². The van der Waals surface area contributed by atoms with Crippen LogP contribution in [0.1, 0.15) is 6.92 Å². The van der Waals surface area contributed by atoms with E-state index in [1.54, 1.807) is 6.07 Å². The van der Waals surface area contributed by atoms with Gasteiger partial charge in [-0.3, -0.25) is 9.69 Å². The van der Waals surface area contributed by atoms with Gasteiger partial charge in [-0.1, -0.05) is 0 Å². The summed E-state index contributed by atoms with van der Waals surface area (Å²) in [7, 11) is 0. The maximum atomic E-state index is 12.3. The van der Waals surface area contributed by atoms with Gasteiger partial charge in [-0.15, -0.1) is 24.8 Å². The van der Waals surface area contributed by atoms with Gasteiger partial charge in [-0.2, -0.15) is 0 Å². The van der Waals surface area contributed by atoms with Crippen molar-refractivity contribution in [1.82, 2.24) is 10.2 Å². The Morgan fingerprint density at radius 1 is 1.23 bits per heavy atom. The van der Waals surface area contributed by atoms with Crippen LogP contribution in [0.2, 0.25) is 0 Å². The number of hydrogen-bond acceptors (Lipinski definition) is 5. The zero-order chi connectivity index (χ0) is 13.9. The third kappa shape index (κ3) is 4.16. The van der Waals surface area contributed by atoms with Gasteiger partial charge in [0, 0.05) is 37.9 Å². The lowest BCUT2D eigenvalue weighted by Gasteiger charge is -2.31. The van der Waals surface area contributed by atoms with E-state index in [-0.39, 0.29) is 43.6 Å². The van der Waals surface area contributed by atoms with Gasteiger partial charge in [0.25, 0.3) is 0 Å². The molecule has 0 bridgehead atoms. The third-order valence-electron chi connectivity index (χ3n) is 3.72. The Hall–Kier alpha value is -1.21. The predicted molar refractivity (Wildman–Crippen MR) is 89.6 cm³/mol. The highest BCUT2D eigenvalue weighted by atomic mass is 35.5. The van der Waals surface area contributed by atoms with Crippen LogP contribution < -0.4 is 20.1 Å². The standard InChI is InChI=1S/C14H19N3O3.2ClH/c1-10(17-6-4-15-5-7-17)14(18)16-11-2-3-12-13(8-11)20-9-19-12;;/h2-3,8,10,15H,4-7,9H2,1H3,(H,16,18);2*1H. The highest BCUT2D eigenvalue weighted by molar-refractivity contribution is 5.94. The van der Waals surface area contributed by atoms with Crippen LogP contribution in [0.5, 0.6) is 11.5 Å². The van der Waals surface area contributed by atoms with Gasteiger partial charge in [-0.05, 0) is 19.1 Å². The van der Waals surface area contributed by atoms with Crippen molar-refractivity contribution in [3.05, 3.63) is 18.2 Å². The van der Waals surface area contributed by atoms with Gasteiger partial charge in [0.1, 0.15) is 0 Å². The maximum absolute atomic E-state index is 12.3. The summed E-state index contributed by atoms with van der Waals surface area (Å²) >= 11 is 0. The molecule has 0 aromatic heterocycles. The Labute approximate surface area is 142 Å². The Bertz CT molecular complexity index is 510. The number of anilines is 1. The zero-order valence-electron chi connectivity index (χ0n) is 12.3. The molecule has 2 heterocycles. The molecule has 2 aliphatic rings. The molecule has 22 heavy (non-hydrogen) atoms. The summed E-state index contributed by atoms with van der Waals surface area (Å²) in [5.41, 5.74) is 0.737. The van der Waals surface area contributed by atoms with E-state index in [1.165, 1.54) is 0 Å². The van der Waals surface area contributed by atoms with Crippen molar-refractivity contribution >= 4 is 36.4 Å². The second-order valence-corrected chi connectivity index (χ2v) is 5.02. The van der Waals surface area contributed by atoms with Crippen molar-refractivity contribution in [3.8, 4) is 11.5 Å². The number of nitrogens with zero attached hydrogens (tertiary/aromatic N) is 1. The quantitative estimate of drug-likeness (QED) is 0.865. The second-order valence-electron chi connectivity index (χ2n) is 5.02. The number of carbonyl (C=O) groups is 1. The molecule has 0 aliphatic carbocycles. The normalized spacial score (nSPS) is 17.9. The first kappa shape index (κ1) is 18.8. The fourth-order valence-electron chi connectivity index (χ4n) is 2.46. The van der Waals surface area contributed by atoms with Crippen LogP contribution in [-0.2, 0) is 4.79 Å². The topological polar surface area (TPSA) is 62.8 Å². The number of halogens is 2. The molecule has 0 radical (unpaired) electrons. The Balaban J connectivity index is 0.00000121. The van der Waals surface area contributed by atoms with Crippen molar-refractivity contribution in [2.45, 2.75) is 13.0 Å². The van der Waals surface area contributed by atoms with Gasteiger partial charge < -0.3 is 20.1 Å². The van der Waals surface area contributed by atoms with Crippen LogP contribution in [0, 0.1) is 0 Å². The minimum Gasteiger partial charge on any atom is -0.454 e. The lowest BCUT2D eigenvalue weighted by atomic mass is 10.2. The molecule has 0 saturated carbocycles. The summed E-state index contributed by atoms with van der Waals surface area (Å²) in [5, 5.41) is 6.21. The zero-order valence-corrected chi connectivity index (χ0v) is 14.0. The number of benzene rings is 1. The monoisotopic (exact) mass is 349 g/mol. The average Bonchev–Trinajstić information content (AvgIpc) is 2.95. The Morgan fingerprint density at radius 2 is 1.91 bits per heavy atom. The Kier molecular flexibility index (Phi) is 7.22. The molecule has 0 spiro atoms. The van der Waals surface area contributed by atoms with Gasteiger partial charge in [0.2, 0.25) is 12.7 Å². The highest BCUT2D eigenvalue weighted by Gasteiger charge is 2.23. The van der Waals surface area contributed by atoms with E-state index in [0.717, 1.165) is 37.6 Å². The molecule has 2 N–H and O–H groups in total.